The van der Waals surface area contributed by atoms with E-state index in [-0.39, 0.29) is 0 Å². The van der Waals surface area contributed by atoms with E-state index in [0.717, 1.165) is 29.2 Å². The number of anilines is 6. The van der Waals surface area contributed by atoms with Gasteiger partial charge in [-0.05, 0) is 66.9 Å². The first-order chi connectivity index (χ1) is 21.8. The zero-order chi connectivity index (χ0) is 29.7. The summed E-state index contributed by atoms with van der Waals surface area (Å²) in [5.74, 6) is 0. The molecule has 0 spiro atoms. The summed E-state index contributed by atoms with van der Waals surface area (Å²) < 4.78 is 0. The lowest BCUT2D eigenvalue weighted by Gasteiger charge is -2.32. The fraction of sp³-hybridized carbons (Fsp3) is 0.0952. The third-order valence-electron chi connectivity index (χ3n) is 8.38. The van der Waals surface area contributed by atoms with Gasteiger partial charge < -0.3 is 9.80 Å². The second-order valence-corrected chi connectivity index (χ2v) is 11.2. The molecule has 0 aliphatic rings. The molecular formula is C42H36N2. The van der Waals surface area contributed by atoms with Gasteiger partial charge in [0.1, 0.15) is 0 Å². The third kappa shape index (κ3) is 5.20. The molecule has 214 valence electrons. The van der Waals surface area contributed by atoms with E-state index in [1.165, 1.54) is 51.3 Å². The minimum atomic E-state index is 1.11. The van der Waals surface area contributed by atoms with Crippen LogP contribution in [0.5, 0.6) is 0 Å². The summed E-state index contributed by atoms with van der Waals surface area (Å²) in [5, 5.41) is 4.82. The number of hydrogen-bond donors (Lipinski definition) is 0. The minimum absolute atomic E-state index is 1.11. The Morgan fingerprint density at radius 2 is 0.682 bits per heavy atom. The fourth-order valence-corrected chi connectivity index (χ4v) is 6.30. The number of benzene rings is 7. The van der Waals surface area contributed by atoms with Gasteiger partial charge in [-0.25, -0.2) is 0 Å². The molecule has 0 N–H and O–H groups in total. The van der Waals surface area contributed by atoms with Crippen molar-refractivity contribution in [2.24, 2.45) is 0 Å². The molecule has 0 aliphatic heterocycles. The Labute approximate surface area is 260 Å². The number of hydrogen-bond acceptors (Lipinski definition) is 2. The number of aryl methyl sites for hydroxylation is 1. The van der Waals surface area contributed by atoms with Crippen molar-refractivity contribution >= 4 is 55.7 Å². The van der Waals surface area contributed by atoms with E-state index in [1.807, 2.05) is 0 Å². The van der Waals surface area contributed by atoms with Crippen molar-refractivity contribution in [3.05, 3.63) is 169 Å². The molecule has 0 heterocycles. The van der Waals surface area contributed by atoms with Crippen LogP contribution in [0.2, 0.25) is 0 Å². The number of nitrogens with zero attached hydrogens (tertiary/aromatic N) is 2. The molecule has 0 saturated carbocycles. The van der Waals surface area contributed by atoms with E-state index in [0.29, 0.717) is 0 Å². The van der Waals surface area contributed by atoms with Gasteiger partial charge in [0.25, 0.3) is 0 Å². The molecular weight excluding hydrogens is 532 g/mol. The quantitative estimate of drug-likeness (QED) is 0.126. The molecule has 7 aromatic rings. The molecule has 0 aromatic heterocycles. The summed E-state index contributed by atoms with van der Waals surface area (Å²) >= 11 is 0. The van der Waals surface area contributed by atoms with Crippen LogP contribution < -0.4 is 9.80 Å². The Bertz CT molecular complexity index is 1890. The van der Waals surface area contributed by atoms with Crippen molar-refractivity contribution < 1.29 is 0 Å². The lowest BCUT2D eigenvalue weighted by molar-refractivity contribution is 0.795. The van der Waals surface area contributed by atoms with Crippen molar-refractivity contribution in [1.82, 2.24) is 0 Å². The number of unbranched alkanes of at least 4 members (excludes halogenated alkanes) is 1. The first kappa shape index (κ1) is 27.5. The van der Waals surface area contributed by atoms with Crippen LogP contribution in [0.3, 0.4) is 0 Å². The fourth-order valence-electron chi connectivity index (χ4n) is 6.30. The van der Waals surface area contributed by atoms with Crippen LogP contribution >= 0.6 is 0 Å². The van der Waals surface area contributed by atoms with E-state index in [2.05, 4.69) is 181 Å². The lowest BCUT2D eigenvalue weighted by atomic mass is 9.95. The molecule has 0 saturated heterocycles. The second-order valence-electron chi connectivity index (χ2n) is 11.2. The molecule has 7 aromatic carbocycles. The van der Waals surface area contributed by atoms with Crippen LogP contribution in [-0.4, -0.2) is 0 Å². The van der Waals surface area contributed by atoms with Crippen LogP contribution in [-0.2, 0) is 6.42 Å². The lowest BCUT2D eigenvalue weighted by Crippen LogP contribution is -2.14. The first-order valence-corrected chi connectivity index (χ1v) is 15.6. The van der Waals surface area contributed by atoms with Crippen LogP contribution in [0, 0.1) is 0 Å². The van der Waals surface area contributed by atoms with Crippen LogP contribution in [0.1, 0.15) is 25.3 Å². The summed E-state index contributed by atoms with van der Waals surface area (Å²) in [6.07, 6.45) is 3.51. The topological polar surface area (TPSA) is 6.48 Å². The molecule has 7 rings (SSSR count). The van der Waals surface area contributed by atoms with Crippen molar-refractivity contribution in [2.45, 2.75) is 26.2 Å². The molecule has 0 atom stereocenters. The molecule has 0 amide bonds. The van der Waals surface area contributed by atoms with Crippen molar-refractivity contribution in [2.75, 3.05) is 9.80 Å². The van der Waals surface area contributed by atoms with Crippen molar-refractivity contribution in [3.8, 4) is 0 Å². The third-order valence-corrected chi connectivity index (χ3v) is 8.38. The zero-order valence-electron chi connectivity index (χ0n) is 25.1. The summed E-state index contributed by atoms with van der Waals surface area (Å²) in [5.41, 5.74) is 8.31. The van der Waals surface area contributed by atoms with Gasteiger partial charge in [-0.2, -0.15) is 0 Å². The molecule has 0 unspecified atom stereocenters. The van der Waals surface area contributed by atoms with Gasteiger partial charge in [-0.15, -0.1) is 0 Å². The average Bonchev–Trinajstić information content (AvgIpc) is 3.10. The highest BCUT2D eigenvalue weighted by atomic mass is 15.2. The largest absolute Gasteiger partial charge is 0.309 e. The number of para-hydroxylation sites is 3. The Hall–Kier alpha value is -5.34. The maximum Gasteiger partial charge on any atom is 0.0619 e. The molecule has 2 heteroatoms. The van der Waals surface area contributed by atoms with Crippen LogP contribution in [0.4, 0.5) is 34.1 Å². The van der Waals surface area contributed by atoms with E-state index >= 15 is 0 Å². The standard InChI is InChI=1S/C42H36N2/c1-2-3-17-32-28-30-36(31-29-32)44(35-22-11-6-12-23-35)42-39-26-15-13-24-37(39)41(38-25-14-16-27-40(38)42)43(33-18-7-4-8-19-33)34-20-9-5-10-21-34/h4-16,18-31H,2-3,17H2,1H3. The van der Waals surface area contributed by atoms with Crippen molar-refractivity contribution in [1.29, 1.82) is 0 Å². The molecule has 0 aliphatic carbocycles. The van der Waals surface area contributed by atoms with Crippen LogP contribution in [0.15, 0.2) is 164 Å². The van der Waals surface area contributed by atoms with Crippen LogP contribution in [0.25, 0.3) is 21.5 Å². The van der Waals surface area contributed by atoms with Gasteiger partial charge >= 0.3 is 0 Å². The maximum atomic E-state index is 2.44. The Morgan fingerprint density at radius 3 is 1.02 bits per heavy atom. The van der Waals surface area contributed by atoms with Gasteiger partial charge in [0.15, 0.2) is 0 Å². The van der Waals surface area contributed by atoms with Crippen molar-refractivity contribution in [3.63, 3.8) is 0 Å². The SMILES string of the molecule is CCCCc1ccc(N(c2ccccc2)c2c3ccccc3c(N(c3ccccc3)c3ccccc3)c3ccccc23)cc1. The van der Waals surface area contributed by atoms with Gasteiger partial charge in [-0.3, -0.25) is 0 Å². The second kappa shape index (κ2) is 12.5. The molecule has 2 nitrogen and oxygen atoms in total. The molecule has 0 fully saturated rings. The van der Waals surface area contributed by atoms with Gasteiger partial charge in [-0.1, -0.05) is 129 Å². The van der Waals surface area contributed by atoms with E-state index in [1.54, 1.807) is 0 Å². The molecule has 0 radical (unpaired) electrons. The summed E-state index contributed by atoms with van der Waals surface area (Å²) in [6.45, 7) is 2.25. The zero-order valence-corrected chi connectivity index (χ0v) is 25.1. The Balaban J connectivity index is 1.55. The monoisotopic (exact) mass is 568 g/mol. The van der Waals surface area contributed by atoms with Gasteiger partial charge in [0.2, 0.25) is 0 Å². The van der Waals surface area contributed by atoms with Gasteiger partial charge in [0.05, 0.1) is 11.4 Å². The van der Waals surface area contributed by atoms with E-state index < -0.39 is 0 Å². The first-order valence-electron chi connectivity index (χ1n) is 15.6. The minimum Gasteiger partial charge on any atom is -0.309 e. The predicted molar refractivity (Wildman–Crippen MR) is 189 cm³/mol. The van der Waals surface area contributed by atoms with Gasteiger partial charge in [0, 0.05) is 44.3 Å². The molecule has 44 heavy (non-hydrogen) atoms. The smallest absolute Gasteiger partial charge is 0.0619 e. The van der Waals surface area contributed by atoms with E-state index in [9.17, 15) is 0 Å². The predicted octanol–water partition coefficient (Wildman–Crippen LogP) is 12.3. The maximum absolute atomic E-state index is 2.44. The molecule has 0 bridgehead atoms. The number of rotatable bonds is 9. The highest BCUT2D eigenvalue weighted by Crippen LogP contribution is 2.50. The highest BCUT2D eigenvalue weighted by Gasteiger charge is 2.24. The summed E-state index contributed by atoms with van der Waals surface area (Å²) in [4.78, 5) is 4.84. The summed E-state index contributed by atoms with van der Waals surface area (Å²) in [6, 6.07) is 59.1. The summed E-state index contributed by atoms with van der Waals surface area (Å²) in [7, 11) is 0. The normalized spacial score (nSPS) is 11.1. The van der Waals surface area contributed by atoms with E-state index in [4.69, 9.17) is 0 Å². The Morgan fingerprint density at radius 1 is 0.364 bits per heavy atom. The average molecular weight is 569 g/mol. The highest BCUT2D eigenvalue weighted by molar-refractivity contribution is 6.23. The Kier molecular flexibility index (Phi) is 7.80. The number of fused-ring (bicyclic) bond motifs is 2.